The molecular weight excluding hydrogens is 428 g/mol. The molecule has 0 aliphatic carbocycles. The first-order valence-corrected chi connectivity index (χ1v) is 12.0. The minimum absolute atomic E-state index is 0.0794. The second-order valence-electron chi connectivity index (χ2n) is 8.18. The van der Waals surface area contributed by atoms with Crippen LogP contribution in [0.3, 0.4) is 0 Å². The van der Waals surface area contributed by atoms with Crippen LogP contribution < -0.4 is 5.32 Å². The van der Waals surface area contributed by atoms with Crippen molar-refractivity contribution in [2.24, 2.45) is 0 Å². The van der Waals surface area contributed by atoms with E-state index >= 15 is 0 Å². The Morgan fingerprint density at radius 2 is 1.48 bits per heavy atom. The lowest BCUT2D eigenvalue weighted by atomic mass is 10.1. The minimum Gasteiger partial charge on any atom is -0.379 e. The van der Waals surface area contributed by atoms with Crippen LogP contribution in [0.25, 0.3) is 0 Å². The van der Waals surface area contributed by atoms with Crippen LogP contribution in [0, 0.1) is 0 Å². The third-order valence-corrected chi connectivity index (χ3v) is 4.81. The quantitative estimate of drug-likeness (QED) is 0.318. The van der Waals surface area contributed by atoms with E-state index in [1.54, 1.807) is 21.0 Å². The van der Waals surface area contributed by atoms with E-state index in [1.807, 2.05) is 41.5 Å². The van der Waals surface area contributed by atoms with Crippen LogP contribution in [-0.4, -0.2) is 60.2 Å². The lowest BCUT2D eigenvalue weighted by Gasteiger charge is -2.28. The molecule has 9 heteroatoms. The van der Waals surface area contributed by atoms with Crippen molar-refractivity contribution in [1.82, 2.24) is 10.4 Å². The summed E-state index contributed by atoms with van der Waals surface area (Å²) in [5.41, 5.74) is -1.24. The van der Waals surface area contributed by atoms with Crippen molar-refractivity contribution in [2.45, 2.75) is 112 Å². The zero-order valence-corrected chi connectivity index (χ0v) is 22.2. The number of unbranched alkanes of at least 4 members (excludes halogenated alkanes) is 2. The molecule has 0 radical (unpaired) electrons. The lowest BCUT2D eigenvalue weighted by molar-refractivity contribution is -0.197. The van der Waals surface area contributed by atoms with E-state index < -0.39 is 23.4 Å². The molecule has 1 saturated heterocycles. The van der Waals surface area contributed by atoms with Gasteiger partial charge >= 0.3 is 5.97 Å². The first-order valence-electron chi connectivity index (χ1n) is 12.0. The van der Waals surface area contributed by atoms with Gasteiger partial charge in [-0.25, -0.2) is 4.79 Å². The van der Waals surface area contributed by atoms with Crippen LogP contribution >= 0.6 is 0 Å². The second-order valence-corrected chi connectivity index (χ2v) is 8.18. The van der Waals surface area contributed by atoms with Crippen molar-refractivity contribution in [3.63, 3.8) is 0 Å². The monoisotopic (exact) mass is 474 g/mol. The Bertz CT molecular complexity index is 588. The Morgan fingerprint density at radius 3 is 2.00 bits per heavy atom. The van der Waals surface area contributed by atoms with Gasteiger partial charge in [-0.3, -0.25) is 14.4 Å². The molecule has 1 aliphatic rings. The molecule has 0 aromatic heterocycles. The van der Waals surface area contributed by atoms with E-state index in [-0.39, 0.29) is 30.8 Å². The van der Waals surface area contributed by atoms with Gasteiger partial charge in [-0.05, 0) is 47.0 Å². The van der Waals surface area contributed by atoms with Gasteiger partial charge in [0.1, 0.15) is 5.60 Å². The Balaban J connectivity index is 0. The summed E-state index contributed by atoms with van der Waals surface area (Å²) in [5.74, 6) is -1.77. The summed E-state index contributed by atoms with van der Waals surface area (Å²) in [6, 6.07) is 0. The third-order valence-electron chi connectivity index (χ3n) is 4.81. The molecule has 0 bridgehead atoms. The maximum atomic E-state index is 12.3. The number of ether oxygens (including phenoxy) is 2. The summed E-state index contributed by atoms with van der Waals surface area (Å²) in [6.07, 6.45) is 2.86. The molecule has 0 aromatic rings. The van der Waals surface area contributed by atoms with Gasteiger partial charge in [-0.1, -0.05) is 34.1 Å². The highest BCUT2D eigenvalue weighted by molar-refractivity contribution is 6.01. The molecule has 1 fully saturated rings. The second kappa shape index (κ2) is 17.5. The van der Waals surface area contributed by atoms with Gasteiger partial charge in [0.15, 0.2) is 0 Å². The van der Waals surface area contributed by atoms with Gasteiger partial charge < -0.3 is 19.6 Å². The first kappa shape index (κ1) is 33.2. The standard InChI is InChI=1S/C20H34N2O7.2C2H6/c1-19(2,27-5)12-14-28-20(3,4)18(26)21-13-8-6-7-9-17(25)29-22-15(23)10-11-16(22)24;2*1-2/h6-14H2,1-5H3,(H,21,26);2*1-2H3. The Hall–Kier alpha value is -2.00. The zero-order valence-electron chi connectivity index (χ0n) is 22.2. The molecule has 0 unspecified atom stereocenters. The molecule has 0 saturated carbocycles. The van der Waals surface area contributed by atoms with Crippen molar-refractivity contribution in [2.75, 3.05) is 20.3 Å². The van der Waals surface area contributed by atoms with Crippen LogP contribution in [0.4, 0.5) is 0 Å². The molecule has 1 aliphatic heterocycles. The molecule has 9 nitrogen and oxygen atoms in total. The van der Waals surface area contributed by atoms with Crippen molar-refractivity contribution in [3.8, 4) is 0 Å². The summed E-state index contributed by atoms with van der Waals surface area (Å²) >= 11 is 0. The number of hydroxylamine groups is 2. The number of nitrogens with zero attached hydrogens (tertiary/aromatic N) is 1. The number of hydrogen-bond acceptors (Lipinski definition) is 7. The minimum atomic E-state index is -0.942. The van der Waals surface area contributed by atoms with Crippen LogP contribution in [0.5, 0.6) is 0 Å². The van der Waals surface area contributed by atoms with Crippen LogP contribution in [-0.2, 0) is 33.5 Å². The van der Waals surface area contributed by atoms with Crippen LogP contribution in [0.1, 0.15) is 100 Å². The topological polar surface area (TPSA) is 111 Å². The Morgan fingerprint density at radius 1 is 0.939 bits per heavy atom. The van der Waals surface area contributed by atoms with E-state index in [4.69, 9.17) is 14.3 Å². The molecule has 1 heterocycles. The van der Waals surface area contributed by atoms with E-state index in [1.165, 1.54) is 0 Å². The average Bonchev–Trinajstić information content (AvgIpc) is 3.10. The van der Waals surface area contributed by atoms with Crippen LogP contribution in [0.15, 0.2) is 0 Å². The fourth-order valence-corrected chi connectivity index (χ4v) is 2.51. The summed E-state index contributed by atoms with van der Waals surface area (Å²) in [4.78, 5) is 51.5. The highest BCUT2D eigenvalue weighted by Crippen LogP contribution is 2.17. The summed E-state index contributed by atoms with van der Waals surface area (Å²) in [5, 5.41) is 3.39. The van der Waals surface area contributed by atoms with Gasteiger partial charge in [0.2, 0.25) is 0 Å². The molecule has 194 valence electrons. The van der Waals surface area contributed by atoms with Gasteiger partial charge in [0.05, 0.1) is 12.2 Å². The summed E-state index contributed by atoms with van der Waals surface area (Å²) < 4.78 is 11.0. The van der Waals surface area contributed by atoms with Crippen molar-refractivity contribution in [1.29, 1.82) is 0 Å². The van der Waals surface area contributed by atoms with Gasteiger partial charge in [0.25, 0.3) is 17.7 Å². The molecule has 0 aromatic carbocycles. The first-order chi connectivity index (χ1) is 15.5. The average molecular weight is 475 g/mol. The number of carbonyl (C=O) groups is 4. The zero-order chi connectivity index (χ0) is 26.1. The number of methoxy groups -OCH3 is 1. The van der Waals surface area contributed by atoms with Crippen LogP contribution in [0.2, 0.25) is 0 Å². The number of amides is 3. The van der Waals surface area contributed by atoms with E-state index in [0.29, 0.717) is 43.9 Å². The SMILES string of the molecule is CC.CC.COC(C)(C)CCOC(C)(C)C(=O)NCCCCCC(=O)ON1C(=O)CCC1=O. The molecular formula is C24H46N2O7. The Kier molecular flexibility index (Phi) is 17.6. The number of rotatable bonds is 13. The predicted octanol–water partition coefficient (Wildman–Crippen LogP) is 3.93. The summed E-state index contributed by atoms with van der Waals surface area (Å²) in [6.45, 7) is 16.2. The largest absolute Gasteiger partial charge is 0.379 e. The lowest BCUT2D eigenvalue weighted by Crippen LogP contribution is -2.45. The number of imide groups is 1. The molecule has 3 amide bonds. The molecule has 0 spiro atoms. The van der Waals surface area contributed by atoms with E-state index in [2.05, 4.69) is 5.32 Å². The Labute approximate surface area is 199 Å². The number of nitrogens with one attached hydrogen (secondary N) is 1. The third kappa shape index (κ3) is 14.0. The van der Waals surface area contributed by atoms with Crippen molar-refractivity contribution in [3.05, 3.63) is 0 Å². The van der Waals surface area contributed by atoms with E-state index in [9.17, 15) is 19.2 Å². The molecule has 0 atom stereocenters. The molecule has 1 rings (SSSR count). The molecule has 1 N–H and O–H groups in total. The summed E-state index contributed by atoms with van der Waals surface area (Å²) in [7, 11) is 1.64. The highest BCUT2D eigenvalue weighted by Gasteiger charge is 2.32. The fourth-order valence-electron chi connectivity index (χ4n) is 2.51. The smallest absolute Gasteiger partial charge is 0.333 e. The maximum absolute atomic E-state index is 12.3. The van der Waals surface area contributed by atoms with Gasteiger partial charge in [0, 0.05) is 32.9 Å². The number of hydrogen-bond donors (Lipinski definition) is 1. The predicted molar refractivity (Wildman–Crippen MR) is 127 cm³/mol. The normalized spacial score (nSPS) is 13.5. The van der Waals surface area contributed by atoms with Crippen molar-refractivity contribution >= 4 is 23.7 Å². The highest BCUT2D eigenvalue weighted by atomic mass is 16.7. The fraction of sp³-hybridized carbons (Fsp3) is 0.833. The maximum Gasteiger partial charge on any atom is 0.333 e. The van der Waals surface area contributed by atoms with Crippen molar-refractivity contribution < 1.29 is 33.5 Å². The van der Waals surface area contributed by atoms with E-state index in [0.717, 1.165) is 0 Å². The molecule has 33 heavy (non-hydrogen) atoms. The number of carbonyl (C=O) groups excluding carboxylic acids is 4. The van der Waals surface area contributed by atoms with Gasteiger partial charge in [-0.15, -0.1) is 5.06 Å². The van der Waals surface area contributed by atoms with Gasteiger partial charge in [-0.2, -0.15) is 0 Å².